The first-order valence-corrected chi connectivity index (χ1v) is 8.51. The predicted molar refractivity (Wildman–Crippen MR) is 86.3 cm³/mol. The monoisotopic (exact) mass is 341 g/mol. The molecule has 1 aliphatic rings. The number of hydrogen-bond donors (Lipinski definition) is 1. The van der Waals surface area contributed by atoms with E-state index in [0.29, 0.717) is 5.92 Å². The molecule has 1 N–H and O–H groups in total. The Balaban J connectivity index is 2.11. The van der Waals surface area contributed by atoms with Gasteiger partial charge in [-0.1, -0.05) is 35.7 Å². The number of nitrogens with one attached hydrogen (secondary N) is 1. The van der Waals surface area contributed by atoms with Crippen LogP contribution in [0.2, 0.25) is 0 Å². The summed E-state index contributed by atoms with van der Waals surface area (Å²) in [6.07, 6.45) is 6.20. The minimum Gasteiger partial charge on any atom is -0.319 e. The Morgan fingerprint density at radius 2 is 2.10 bits per heavy atom. The van der Waals surface area contributed by atoms with Gasteiger partial charge in [0.1, 0.15) is 5.82 Å². The van der Waals surface area contributed by atoms with Crippen molar-refractivity contribution in [2.24, 2.45) is 17.8 Å². The van der Waals surface area contributed by atoms with E-state index in [9.17, 15) is 4.39 Å². The number of halogens is 2. The molecular formula is C17H25BrFN. The summed E-state index contributed by atoms with van der Waals surface area (Å²) >= 11 is 3.57. The molecule has 2 rings (SSSR count). The zero-order valence-corrected chi connectivity index (χ0v) is 14.0. The average Bonchev–Trinajstić information content (AvgIpc) is 2.45. The molecule has 0 heterocycles. The summed E-state index contributed by atoms with van der Waals surface area (Å²) in [5.41, 5.74) is 1.12. The van der Waals surface area contributed by atoms with Crippen LogP contribution in [0, 0.1) is 23.6 Å². The molecule has 3 atom stereocenters. The van der Waals surface area contributed by atoms with Crippen molar-refractivity contribution >= 4 is 15.9 Å². The number of rotatable bonds is 5. The van der Waals surface area contributed by atoms with E-state index >= 15 is 0 Å². The van der Waals surface area contributed by atoms with Crippen molar-refractivity contribution in [3.8, 4) is 0 Å². The maximum atomic E-state index is 13.5. The Kier molecular flexibility index (Phi) is 6.03. The van der Waals surface area contributed by atoms with Crippen molar-refractivity contribution in [3.05, 3.63) is 34.1 Å². The Bertz CT molecular complexity index is 435. The topological polar surface area (TPSA) is 12.0 Å². The van der Waals surface area contributed by atoms with Gasteiger partial charge < -0.3 is 5.32 Å². The molecule has 1 aromatic rings. The lowest BCUT2D eigenvalue weighted by molar-refractivity contribution is 0.173. The van der Waals surface area contributed by atoms with Gasteiger partial charge in [-0.05, 0) is 74.4 Å². The standard InChI is InChI=1S/C17H25BrFN/c1-3-12-4-5-13(11-20-2)14(8-12)9-15-10-16(19)6-7-17(15)18/h6-7,10,12-14,20H,3-5,8-9,11H2,1-2H3. The largest absolute Gasteiger partial charge is 0.319 e. The second-order valence-electron chi connectivity index (χ2n) is 6.11. The van der Waals surface area contributed by atoms with Gasteiger partial charge in [-0.15, -0.1) is 0 Å². The fourth-order valence-electron chi connectivity index (χ4n) is 3.56. The first kappa shape index (κ1) is 16.0. The summed E-state index contributed by atoms with van der Waals surface area (Å²) in [4.78, 5) is 0. The molecule has 0 bridgehead atoms. The van der Waals surface area contributed by atoms with Crippen molar-refractivity contribution < 1.29 is 4.39 Å². The quantitative estimate of drug-likeness (QED) is 0.811. The van der Waals surface area contributed by atoms with E-state index in [2.05, 4.69) is 28.2 Å². The molecule has 3 heteroatoms. The van der Waals surface area contributed by atoms with Crippen molar-refractivity contribution in [2.45, 2.75) is 39.0 Å². The van der Waals surface area contributed by atoms with Crippen molar-refractivity contribution in [1.29, 1.82) is 0 Å². The van der Waals surface area contributed by atoms with Gasteiger partial charge in [0.15, 0.2) is 0 Å². The van der Waals surface area contributed by atoms with Gasteiger partial charge in [-0.3, -0.25) is 0 Å². The third kappa shape index (κ3) is 4.05. The predicted octanol–water partition coefficient (Wildman–Crippen LogP) is 4.79. The normalized spacial score (nSPS) is 26.7. The molecular weight excluding hydrogens is 317 g/mol. The minimum absolute atomic E-state index is 0.129. The zero-order valence-electron chi connectivity index (χ0n) is 12.5. The molecule has 0 aromatic heterocycles. The van der Waals surface area contributed by atoms with Crippen molar-refractivity contribution in [1.82, 2.24) is 5.32 Å². The highest BCUT2D eigenvalue weighted by Gasteiger charge is 2.29. The van der Waals surface area contributed by atoms with E-state index in [-0.39, 0.29) is 5.82 Å². The van der Waals surface area contributed by atoms with Crippen LogP contribution >= 0.6 is 15.9 Å². The third-order valence-electron chi connectivity index (χ3n) is 4.78. The molecule has 1 fully saturated rings. The highest BCUT2D eigenvalue weighted by molar-refractivity contribution is 9.10. The summed E-state index contributed by atoms with van der Waals surface area (Å²) in [7, 11) is 2.03. The molecule has 1 aromatic carbocycles. The van der Waals surface area contributed by atoms with Gasteiger partial charge >= 0.3 is 0 Å². The number of benzene rings is 1. The summed E-state index contributed by atoms with van der Waals surface area (Å²) in [5, 5.41) is 3.33. The molecule has 0 radical (unpaired) electrons. The average molecular weight is 342 g/mol. The van der Waals surface area contributed by atoms with Crippen LogP contribution in [-0.2, 0) is 6.42 Å². The summed E-state index contributed by atoms with van der Waals surface area (Å²) in [6, 6.07) is 5.04. The molecule has 0 amide bonds. The minimum atomic E-state index is -0.129. The first-order valence-electron chi connectivity index (χ1n) is 7.72. The summed E-state index contributed by atoms with van der Waals surface area (Å²) < 4.78 is 14.5. The Hall–Kier alpha value is -0.410. The van der Waals surface area contributed by atoms with E-state index in [4.69, 9.17) is 0 Å². The van der Waals surface area contributed by atoms with Crippen molar-refractivity contribution in [2.75, 3.05) is 13.6 Å². The molecule has 112 valence electrons. The molecule has 3 unspecified atom stereocenters. The van der Waals surface area contributed by atoms with E-state index in [0.717, 1.165) is 34.8 Å². The number of hydrogen-bond acceptors (Lipinski definition) is 1. The third-order valence-corrected chi connectivity index (χ3v) is 5.56. The van der Waals surface area contributed by atoms with Crippen molar-refractivity contribution in [3.63, 3.8) is 0 Å². The molecule has 1 nitrogen and oxygen atoms in total. The van der Waals surface area contributed by atoms with E-state index in [1.54, 1.807) is 6.07 Å². The van der Waals surface area contributed by atoms with Crippen LogP contribution in [0.25, 0.3) is 0 Å². The van der Waals surface area contributed by atoms with Crippen LogP contribution in [0.15, 0.2) is 22.7 Å². The molecule has 20 heavy (non-hydrogen) atoms. The first-order chi connectivity index (χ1) is 9.63. The maximum Gasteiger partial charge on any atom is 0.123 e. The summed E-state index contributed by atoms with van der Waals surface area (Å²) in [6.45, 7) is 3.37. The van der Waals surface area contributed by atoms with Crippen LogP contribution in [0.5, 0.6) is 0 Å². The van der Waals surface area contributed by atoms with Crippen LogP contribution in [0.4, 0.5) is 4.39 Å². The lowest BCUT2D eigenvalue weighted by Crippen LogP contribution is -2.33. The van der Waals surface area contributed by atoms with Gasteiger partial charge in [-0.25, -0.2) is 4.39 Å². The van der Waals surface area contributed by atoms with Gasteiger partial charge in [0.25, 0.3) is 0 Å². The lowest BCUT2D eigenvalue weighted by Gasteiger charge is -2.36. The van der Waals surface area contributed by atoms with Gasteiger partial charge in [-0.2, -0.15) is 0 Å². The molecule has 0 spiro atoms. The van der Waals surface area contributed by atoms with Gasteiger partial charge in [0, 0.05) is 4.47 Å². The van der Waals surface area contributed by atoms with Crippen LogP contribution < -0.4 is 5.32 Å². The SMILES string of the molecule is CCC1CCC(CNC)C(Cc2cc(F)ccc2Br)C1. The van der Waals surface area contributed by atoms with Gasteiger partial charge in [0.05, 0.1) is 0 Å². The van der Waals surface area contributed by atoms with Crippen LogP contribution in [0.3, 0.4) is 0 Å². The Morgan fingerprint density at radius 3 is 2.80 bits per heavy atom. The zero-order chi connectivity index (χ0) is 14.5. The Morgan fingerprint density at radius 1 is 1.30 bits per heavy atom. The Labute approximate surface area is 130 Å². The fourth-order valence-corrected chi connectivity index (χ4v) is 3.97. The maximum absolute atomic E-state index is 13.5. The highest BCUT2D eigenvalue weighted by atomic mass is 79.9. The van der Waals surface area contributed by atoms with Gasteiger partial charge in [0.2, 0.25) is 0 Å². The highest BCUT2D eigenvalue weighted by Crippen LogP contribution is 2.38. The van der Waals surface area contributed by atoms with Crippen LogP contribution in [-0.4, -0.2) is 13.6 Å². The van der Waals surface area contributed by atoms with E-state index in [1.807, 2.05) is 13.1 Å². The van der Waals surface area contributed by atoms with Crippen LogP contribution in [0.1, 0.15) is 38.2 Å². The van der Waals surface area contributed by atoms with E-state index in [1.165, 1.54) is 31.7 Å². The summed E-state index contributed by atoms with van der Waals surface area (Å²) in [5.74, 6) is 2.11. The second-order valence-corrected chi connectivity index (χ2v) is 6.96. The molecule has 0 aliphatic heterocycles. The molecule has 1 aliphatic carbocycles. The van der Waals surface area contributed by atoms with E-state index < -0.39 is 0 Å². The lowest BCUT2D eigenvalue weighted by atomic mass is 9.71. The molecule has 1 saturated carbocycles. The molecule has 0 saturated heterocycles. The smallest absolute Gasteiger partial charge is 0.123 e. The fraction of sp³-hybridized carbons (Fsp3) is 0.647. The second kappa shape index (κ2) is 7.56.